The first-order valence-corrected chi connectivity index (χ1v) is 6.83. The summed E-state index contributed by atoms with van der Waals surface area (Å²) in [5, 5.41) is 0. The zero-order valence-electron chi connectivity index (χ0n) is 13.0. The van der Waals surface area contributed by atoms with Gasteiger partial charge in [0.1, 0.15) is 12.6 Å². The van der Waals surface area contributed by atoms with Gasteiger partial charge in [-0.3, -0.25) is 4.79 Å². The Balaban J connectivity index is 0.00000264. The lowest BCUT2D eigenvalue weighted by molar-refractivity contribution is -0.142. The van der Waals surface area contributed by atoms with Crippen LogP contribution in [0.3, 0.4) is 0 Å². The van der Waals surface area contributed by atoms with Crippen LogP contribution in [0, 0.1) is 0 Å². The molecule has 0 aliphatic carbocycles. The zero-order valence-corrected chi connectivity index (χ0v) is 13.8. The van der Waals surface area contributed by atoms with E-state index in [1.807, 2.05) is 30.3 Å². The lowest BCUT2D eigenvalue weighted by Crippen LogP contribution is -2.22. The highest BCUT2D eigenvalue weighted by atomic mass is 35.5. The summed E-state index contributed by atoms with van der Waals surface area (Å²) in [5.41, 5.74) is 7.49. The van der Waals surface area contributed by atoms with E-state index >= 15 is 0 Å². The third-order valence-corrected chi connectivity index (χ3v) is 3.24. The quantitative estimate of drug-likeness (QED) is 0.821. The largest absolute Gasteiger partial charge is 0.493 e. The van der Waals surface area contributed by atoms with Gasteiger partial charge in [-0.1, -0.05) is 36.4 Å². The molecule has 5 nitrogen and oxygen atoms in total. The van der Waals surface area contributed by atoms with Crippen LogP contribution in [0.4, 0.5) is 0 Å². The summed E-state index contributed by atoms with van der Waals surface area (Å²) in [6.45, 7) is 0.397. The lowest BCUT2D eigenvalue weighted by atomic mass is 10.1. The Hall–Kier alpha value is -2.24. The van der Waals surface area contributed by atoms with Gasteiger partial charge in [-0.15, -0.1) is 12.4 Å². The van der Waals surface area contributed by atoms with E-state index in [9.17, 15) is 4.79 Å². The third kappa shape index (κ3) is 4.87. The Morgan fingerprint density at radius 3 is 2.39 bits per heavy atom. The summed E-state index contributed by atoms with van der Waals surface area (Å²) in [5.74, 6) is 0.610. The predicted molar refractivity (Wildman–Crippen MR) is 90.0 cm³/mol. The van der Waals surface area contributed by atoms with Crippen molar-refractivity contribution in [3.8, 4) is 11.5 Å². The van der Waals surface area contributed by atoms with E-state index in [0.29, 0.717) is 23.7 Å². The van der Waals surface area contributed by atoms with Crippen molar-refractivity contribution in [1.29, 1.82) is 0 Å². The van der Waals surface area contributed by atoms with Crippen LogP contribution in [-0.2, 0) is 16.1 Å². The number of hydrogen-bond acceptors (Lipinski definition) is 5. The highest BCUT2D eigenvalue weighted by molar-refractivity contribution is 5.85. The molecular weight excluding hydrogens is 318 g/mol. The van der Waals surface area contributed by atoms with E-state index in [4.69, 9.17) is 15.2 Å². The predicted octanol–water partition coefficient (Wildman–Crippen LogP) is 2.87. The molecule has 2 N–H and O–H groups in total. The van der Waals surface area contributed by atoms with Gasteiger partial charge in [0.25, 0.3) is 0 Å². The number of esters is 1. The first-order valence-electron chi connectivity index (χ1n) is 6.83. The normalized spacial score (nSPS) is 11.1. The first kappa shape index (κ1) is 18.8. The van der Waals surface area contributed by atoms with E-state index in [1.165, 1.54) is 7.11 Å². The van der Waals surface area contributed by atoms with Crippen molar-refractivity contribution in [2.75, 3.05) is 14.2 Å². The highest BCUT2D eigenvalue weighted by Gasteiger charge is 2.18. The van der Waals surface area contributed by atoms with E-state index < -0.39 is 12.0 Å². The number of nitrogens with two attached hydrogens (primary N) is 1. The van der Waals surface area contributed by atoms with E-state index in [1.54, 1.807) is 25.3 Å². The molecule has 2 rings (SSSR count). The number of ether oxygens (including phenoxy) is 3. The third-order valence-electron chi connectivity index (χ3n) is 3.24. The SMILES string of the molecule is COC(=O)[C@H](N)c1ccc(OC)c(OCc2ccccc2)c1.Cl. The molecule has 2 aromatic carbocycles. The molecule has 0 saturated heterocycles. The Morgan fingerprint density at radius 1 is 1.09 bits per heavy atom. The number of methoxy groups -OCH3 is 2. The van der Waals surface area contributed by atoms with Crippen molar-refractivity contribution in [3.05, 3.63) is 59.7 Å². The van der Waals surface area contributed by atoms with Gasteiger partial charge in [0.05, 0.1) is 14.2 Å². The average Bonchev–Trinajstić information content (AvgIpc) is 2.59. The number of carbonyl (C=O) groups excluding carboxylic acids is 1. The van der Waals surface area contributed by atoms with E-state index in [2.05, 4.69) is 4.74 Å². The molecule has 2 aromatic rings. The molecule has 1 atom stereocenters. The molecule has 23 heavy (non-hydrogen) atoms. The molecule has 0 spiro atoms. The Bertz CT molecular complexity index is 634. The van der Waals surface area contributed by atoms with Crippen LogP contribution in [0.15, 0.2) is 48.5 Å². The maximum Gasteiger partial charge on any atom is 0.327 e. The van der Waals surface area contributed by atoms with Crippen LogP contribution in [0.5, 0.6) is 11.5 Å². The molecule has 0 aromatic heterocycles. The second kappa shape index (κ2) is 9.02. The van der Waals surface area contributed by atoms with Crippen molar-refractivity contribution in [1.82, 2.24) is 0 Å². The summed E-state index contributed by atoms with van der Waals surface area (Å²) < 4.78 is 15.7. The number of halogens is 1. The lowest BCUT2D eigenvalue weighted by Gasteiger charge is -2.15. The van der Waals surface area contributed by atoms with Crippen molar-refractivity contribution >= 4 is 18.4 Å². The standard InChI is InChI=1S/C17H19NO4.ClH/c1-20-14-9-8-13(16(18)17(19)21-2)10-15(14)22-11-12-6-4-3-5-7-12;/h3-10,16H,11,18H2,1-2H3;1H/t16-;/m1./s1. The minimum absolute atomic E-state index is 0. The summed E-state index contributed by atoms with van der Waals surface area (Å²) >= 11 is 0. The molecule has 0 aliphatic rings. The second-order valence-electron chi connectivity index (χ2n) is 4.69. The monoisotopic (exact) mass is 337 g/mol. The summed E-state index contributed by atoms with van der Waals surface area (Å²) in [6.07, 6.45) is 0. The molecule has 0 heterocycles. The molecule has 6 heteroatoms. The Kier molecular flexibility index (Phi) is 7.38. The minimum atomic E-state index is -0.852. The summed E-state index contributed by atoms with van der Waals surface area (Å²) in [6, 6.07) is 14.1. The second-order valence-corrected chi connectivity index (χ2v) is 4.69. The van der Waals surface area contributed by atoms with Gasteiger partial charge in [-0.05, 0) is 23.3 Å². The molecule has 0 bridgehead atoms. The first-order chi connectivity index (χ1) is 10.7. The summed E-state index contributed by atoms with van der Waals surface area (Å²) in [7, 11) is 2.86. The fourth-order valence-electron chi connectivity index (χ4n) is 2.00. The molecule has 124 valence electrons. The maximum absolute atomic E-state index is 11.5. The van der Waals surface area contributed by atoms with Crippen LogP contribution in [0.25, 0.3) is 0 Å². The molecule has 0 fully saturated rings. The molecule has 0 amide bonds. The van der Waals surface area contributed by atoms with Crippen molar-refractivity contribution in [2.24, 2.45) is 5.73 Å². The van der Waals surface area contributed by atoms with Gasteiger partial charge < -0.3 is 19.9 Å². The van der Waals surface area contributed by atoms with Gasteiger partial charge in [-0.25, -0.2) is 0 Å². The van der Waals surface area contributed by atoms with Crippen LogP contribution >= 0.6 is 12.4 Å². The molecule has 0 saturated carbocycles. The smallest absolute Gasteiger partial charge is 0.327 e. The Morgan fingerprint density at radius 2 is 1.78 bits per heavy atom. The molecule has 0 aliphatic heterocycles. The zero-order chi connectivity index (χ0) is 15.9. The van der Waals surface area contributed by atoms with Crippen molar-refractivity contribution in [2.45, 2.75) is 12.6 Å². The van der Waals surface area contributed by atoms with Crippen LogP contribution in [-0.4, -0.2) is 20.2 Å². The number of rotatable bonds is 6. The number of carbonyl (C=O) groups is 1. The van der Waals surface area contributed by atoms with Crippen LogP contribution in [0.2, 0.25) is 0 Å². The van der Waals surface area contributed by atoms with Gasteiger partial charge in [0.2, 0.25) is 0 Å². The van der Waals surface area contributed by atoms with Gasteiger partial charge in [0.15, 0.2) is 11.5 Å². The fraction of sp³-hybridized carbons (Fsp3) is 0.235. The van der Waals surface area contributed by atoms with Crippen LogP contribution < -0.4 is 15.2 Å². The number of hydrogen-bond donors (Lipinski definition) is 1. The molecule has 0 radical (unpaired) electrons. The van der Waals surface area contributed by atoms with E-state index in [0.717, 1.165) is 5.56 Å². The van der Waals surface area contributed by atoms with Crippen molar-refractivity contribution in [3.63, 3.8) is 0 Å². The molecule has 0 unspecified atom stereocenters. The summed E-state index contributed by atoms with van der Waals surface area (Å²) in [4.78, 5) is 11.5. The van der Waals surface area contributed by atoms with Gasteiger partial charge in [-0.2, -0.15) is 0 Å². The minimum Gasteiger partial charge on any atom is -0.493 e. The average molecular weight is 338 g/mol. The van der Waals surface area contributed by atoms with Gasteiger partial charge >= 0.3 is 5.97 Å². The Labute approximate surface area is 141 Å². The van der Waals surface area contributed by atoms with E-state index in [-0.39, 0.29) is 12.4 Å². The molecular formula is C17H20ClNO4. The van der Waals surface area contributed by atoms with Crippen molar-refractivity contribution < 1.29 is 19.0 Å². The van der Waals surface area contributed by atoms with Gasteiger partial charge in [0, 0.05) is 0 Å². The highest BCUT2D eigenvalue weighted by Crippen LogP contribution is 2.30. The maximum atomic E-state index is 11.5. The number of benzene rings is 2. The van der Waals surface area contributed by atoms with Crippen LogP contribution in [0.1, 0.15) is 17.2 Å². The topological polar surface area (TPSA) is 70.8 Å². The fourth-order valence-corrected chi connectivity index (χ4v) is 2.00.